The van der Waals surface area contributed by atoms with E-state index in [4.69, 9.17) is 14.2 Å². The molecule has 2 aromatic carbocycles. The molecule has 1 spiro atoms. The molecule has 2 amide bonds. The molecule has 1 saturated heterocycles. The van der Waals surface area contributed by atoms with Crippen LogP contribution in [0.5, 0.6) is 5.75 Å². The lowest BCUT2D eigenvalue weighted by Crippen LogP contribution is -2.59. The third kappa shape index (κ3) is 7.32. The SMILES string of the molecule is CN(CCN(C=O)CCOC1CCC12COC2)c1cc(C(F)(F)F)cc(C(F)(F)F)c1OC(=O)N(C)c1ccc(F)cc1. The van der Waals surface area contributed by atoms with Crippen LogP contribution in [0.4, 0.5) is 46.9 Å². The average Bonchev–Trinajstić information content (AvgIpc) is 2.89. The van der Waals surface area contributed by atoms with Gasteiger partial charge in [0.2, 0.25) is 6.41 Å². The zero-order valence-corrected chi connectivity index (χ0v) is 23.3. The quantitative estimate of drug-likeness (QED) is 0.241. The molecule has 0 aromatic heterocycles. The lowest BCUT2D eigenvalue weighted by molar-refractivity contribution is -0.238. The highest BCUT2D eigenvalue weighted by atomic mass is 19.4. The minimum atomic E-state index is -5.34. The molecule has 1 saturated carbocycles. The Morgan fingerprint density at radius 3 is 2.21 bits per heavy atom. The van der Waals surface area contributed by atoms with Crippen molar-refractivity contribution in [2.75, 3.05) is 63.4 Å². The number of halogens is 7. The zero-order chi connectivity index (χ0) is 31.6. The van der Waals surface area contributed by atoms with Crippen molar-refractivity contribution in [3.63, 3.8) is 0 Å². The standard InChI is InChI=1S/C28H30F7N3O5/c1-36(9-10-38(17-39)11-12-42-23-7-8-26(23)15-41-16-26)22-14-18(27(30,31)32)13-21(28(33,34)35)24(22)43-25(40)37(2)20-5-3-19(29)4-6-20/h3-6,13-14,17,23H,7-12,15-16H2,1-2H3. The van der Waals surface area contributed by atoms with E-state index in [1.54, 1.807) is 0 Å². The van der Waals surface area contributed by atoms with Gasteiger partial charge in [-0.3, -0.25) is 9.69 Å². The van der Waals surface area contributed by atoms with Crippen LogP contribution in [0.3, 0.4) is 0 Å². The molecular weight excluding hydrogens is 591 g/mol. The number of alkyl halides is 6. The van der Waals surface area contributed by atoms with E-state index in [0.717, 1.165) is 41.8 Å². The fraction of sp³-hybridized carbons (Fsp3) is 0.500. The largest absolute Gasteiger partial charge is 0.420 e. The first-order chi connectivity index (χ1) is 20.1. The maximum Gasteiger partial charge on any atom is 0.420 e. The van der Waals surface area contributed by atoms with E-state index >= 15 is 0 Å². The highest BCUT2D eigenvalue weighted by molar-refractivity contribution is 5.89. The van der Waals surface area contributed by atoms with Crippen molar-refractivity contribution in [1.82, 2.24) is 4.90 Å². The van der Waals surface area contributed by atoms with Crippen molar-refractivity contribution < 1.29 is 54.5 Å². The second-order valence-corrected chi connectivity index (χ2v) is 10.6. The molecule has 2 aromatic rings. The van der Waals surface area contributed by atoms with Crippen molar-refractivity contribution in [3.8, 4) is 5.75 Å². The summed E-state index contributed by atoms with van der Waals surface area (Å²) in [5.41, 5.74) is -4.02. The molecule has 0 radical (unpaired) electrons. The Balaban J connectivity index is 1.53. The number of benzene rings is 2. The number of carbonyl (C=O) groups excluding carboxylic acids is 2. The van der Waals surface area contributed by atoms with Crippen LogP contribution in [0, 0.1) is 11.2 Å². The number of carbonyl (C=O) groups is 2. The summed E-state index contributed by atoms with van der Waals surface area (Å²) in [5, 5.41) is 0. The van der Waals surface area contributed by atoms with Crippen LogP contribution in [0.25, 0.3) is 0 Å². The highest BCUT2D eigenvalue weighted by Crippen LogP contribution is 2.49. The molecule has 43 heavy (non-hydrogen) atoms. The van der Waals surface area contributed by atoms with Crippen molar-refractivity contribution in [2.24, 2.45) is 5.41 Å². The van der Waals surface area contributed by atoms with E-state index < -0.39 is 46.8 Å². The van der Waals surface area contributed by atoms with Gasteiger partial charge in [0.15, 0.2) is 5.75 Å². The summed E-state index contributed by atoms with van der Waals surface area (Å²) in [6.45, 7) is 1.27. The molecule has 8 nitrogen and oxygen atoms in total. The third-order valence-corrected chi connectivity index (χ3v) is 7.73. The predicted molar refractivity (Wildman–Crippen MR) is 140 cm³/mol. The Kier molecular flexibility index (Phi) is 9.45. The number of nitrogens with zero attached hydrogens (tertiary/aromatic N) is 3. The van der Waals surface area contributed by atoms with Gasteiger partial charge in [-0.1, -0.05) is 0 Å². The average molecular weight is 622 g/mol. The van der Waals surface area contributed by atoms with Gasteiger partial charge < -0.3 is 24.0 Å². The molecular formula is C28H30F7N3O5. The summed E-state index contributed by atoms with van der Waals surface area (Å²) in [5.74, 6) is -1.78. The zero-order valence-electron chi connectivity index (χ0n) is 23.3. The Labute approximate surface area is 242 Å². The summed E-state index contributed by atoms with van der Waals surface area (Å²) >= 11 is 0. The number of ether oxygens (including phenoxy) is 3. The van der Waals surface area contributed by atoms with Crippen LogP contribution >= 0.6 is 0 Å². The van der Waals surface area contributed by atoms with Crippen LogP contribution < -0.4 is 14.5 Å². The molecule has 1 heterocycles. The van der Waals surface area contributed by atoms with Crippen LogP contribution in [0.1, 0.15) is 24.0 Å². The van der Waals surface area contributed by atoms with Gasteiger partial charge in [0.25, 0.3) is 0 Å². The third-order valence-electron chi connectivity index (χ3n) is 7.73. The second kappa shape index (κ2) is 12.6. The lowest BCUT2D eigenvalue weighted by Gasteiger charge is -2.54. The molecule has 0 N–H and O–H groups in total. The van der Waals surface area contributed by atoms with Gasteiger partial charge in [0.1, 0.15) is 11.4 Å². The topological polar surface area (TPSA) is 71.5 Å². The molecule has 2 fully saturated rings. The molecule has 1 aliphatic heterocycles. The van der Waals surface area contributed by atoms with Crippen molar-refractivity contribution in [3.05, 3.63) is 53.3 Å². The Morgan fingerprint density at radius 1 is 1.02 bits per heavy atom. The van der Waals surface area contributed by atoms with E-state index in [1.807, 2.05) is 0 Å². The van der Waals surface area contributed by atoms with Gasteiger partial charge in [0, 0.05) is 44.8 Å². The van der Waals surface area contributed by atoms with Crippen LogP contribution in [0.15, 0.2) is 36.4 Å². The molecule has 2 aliphatic rings. The van der Waals surface area contributed by atoms with Gasteiger partial charge >= 0.3 is 18.4 Å². The smallest absolute Gasteiger partial charge is 0.407 e. The van der Waals surface area contributed by atoms with E-state index in [9.17, 15) is 40.3 Å². The van der Waals surface area contributed by atoms with E-state index in [2.05, 4.69) is 0 Å². The molecule has 236 valence electrons. The Morgan fingerprint density at radius 2 is 1.70 bits per heavy atom. The Hall–Kier alpha value is -3.59. The first kappa shape index (κ1) is 32.3. The van der Waals surface area contributed by atoms with Gasteiger partial charge in [-0.25, -0.2) is 9.18 Å². The van der Waals surface area contributed by atoms with Gasteiger partial charge in [-0.2, -0.15) is 26.3 Å². The van der Waals surface area contributed by atoms with E-state index in [-0.39, 0.29) is 49.5 Å². The number of anilines is 2. The highest BCUT2D eigenvalue weighted by Gasteiger charge is 2.53. The summed E-state index contributed by atoms with van der Waals surface area (Å²) < 4.78 is 113. The van der Waals surface area contributed by atoms with Gasteiger partial charge in [-0.05, 0) is 49.2 Å². The molecule has 4 rings (SSSR count). The molecule has 1 atom stereocenters. The van der Waals surface area contributed by atoms with E-state index in [0.29, 0.717) is 25.7 Å². The predicted octanol–water partition coefficient (Wildman–Crippen LogP) is 5.59. The van der Waals surface area contributed by atoms with E-state index in [1.165, 1.54) is 24.1 Å². The summed E-state index contributed by atoms with van der Waals surface area (Å²) in [4.78, 5) is 27.6. The van der Waals surface area contributed by atoms with Crippen molar-refractivity contribution >= 4 is 23.9 Å². The van der Waals surface area contributed by atoms with Crippen molar-refractivity contribution in [1.29, 1.82) is 0 Å². The monoisotopic (exact) mass is 621 g/mol. The first-order valence-electron chi connectivity index (χ1n) is 13.3. The molecule has 0 bridgehead atoms. The normalized spacial score (nSPS) is 17.6. The second-order valence-electron chi connectivity index (χ2n) is 10.6. The summed E-state index contributed by atoms with van der Waals surface area (Å²) in [7, 11) is 2.36. The minimum Gasteiger partial charge on any atom is -0.407 e. The van der Waals surface area contributed by atoms with Crippen LogP contribution in [-0.2, 0) is 26.6 Å². The van der Waals surface area contributed by atoms with Crippen molar-refractivity contribution in [2.45, 2.75) is 31.3 Å². The van der Waals surface area contributed by atoms with Gasteiger partial charge in [-0.15, -0.1) is 0 Å². The maximum absolute atomic E-state index is 14.1. The number of hydrogen-bond donors (Lipinski definition) is 0. The maximum atomic E-state index is 14.1. The number of amides is 2. The lowest BCUT2D eigenvalue weighted by atomic mass is 9.64. The fourth-order valence-electron chi connectivity index (χ4n) is 4.86. The van der Waals surface area contributed by atoms with Crippen LogP contribution in [0.2, 0.25) is 0 Å². The number of likely N-dealkylation sites (N-methyl/N-ethyl adjacent to an activating group) is 1. The Bertz CT molecular complexity index is 1290. The molecule has 15 heteroatoms. The van der Waals surface area contributed by atoms with Gasteiger partial charge in [0.05, 0.1) is 37.2 Å². The van der Waals surface area contributed by atoms with Crippen LogP contribution in [-0.4, -0.2) is 77.1 Å². The minimum absolute atomic E-state index is 0.00797. The summed E-state index contributed by atoms with van der Waals surface area (Å²) in [6.07, 6.45) is -9.48. The molecule has 1 unspecified atom stereocenters. The molecule has 1 aliphatic carbocycles. The summed E-state index contributed by atoms with van der Waals surface area (Å²) in [6, 6.07) is 4.67. The first-order valence-corrected chi connectivity index (χ1v) is 13.3. The number of hydrogen-bond acceptors (Lipinski definition) is 6. The fourth-order valence-corrected chi connectivity index (χ4v) is 4.86. The number of rotatable bonds is 11.